The molecule has 23 heavy (non-hydrogen) atoms. The average molecular weight is 312 g/mol. The van der Waals surface area contributed by atoms with Gasteiger partial charge < -0.3 is 14.0 Å². The van der Waals surface area contributed by atoms with E-state index in [0.29, 0.717) is 12.6 Å². The zero-order valence-electron chi connectivity index (χ0n) is 14.4. The van der Waals surface area contributed by atoms with Gasteiger partial charge in [-0.1, -0.05) is 60.7 Å². The van der Waals surface area contributed by atoms with Gasteiger partial charge in [-0.05, 0) is 6.92 Å². The van der Waals surface area contributed by atoms with Crippen LogP contribution in [0.25, 0.3) is 0 Å². The Bertz CT molecular complexity index is 594. The van der Waals surface area contributed by atoms with E-state index in [-0.39, 0.29) is 6.10 Å². The highest BCUT2D eigenvalue weighted by Crippen LogP contribution is 2.41. The van der Waals surface area contributed by atoms with Crippen molar-refractivity contribution in [1.82, 2.24) is 0 Å². The van der Waals surface area contributed by atoms with E-state index < -0.39 is 5.79 Å². The lowest BCUT2D eigenvalue weighted by Crippen LogP contribution is -2.51. The van der Waals surface area contributed by atoms with Crippen molar-refractivity contribution in [3.63, 3.8) is 0 Å². The first-order valence-electron chi connectivity index (χ1n) is 8.17. The molecule has 2 aromatic rings. The van der Waals surface area contributed by atoms with Gasteiger partial charge in [-0.15, -0.1) is 0 Å². The molecule has 0 aromatic heterocycles. The van der Waals surface area contributed by atoms with Crippen molar-refractivity contribution in [3.8, 4) is 0 Å². The molecular formula is C20H26NO2+. The maximum absolute atomic E-state index is 6.57. The fourth-order valence-corrected chi connectivity index (χ4v) is 3.00. The Balaban J connectivity index is 2.00. The van der Waals surface area contributed by atoms with Crippen LogP contribution in [0.2, 0.25) is 0 Å². The third kappa shape index (κ3) is 3.05. The van der Waals surface area contributed by atoms with Gasteiger partial charge in [0.2, 0.25) is 5.79 Å². The van der Waals surface area contributed by atoms with Crippen molar-refractivity contribution >= 4 is 0 Å². The van der Waals surface area contributed by atoms with Gasteiger partial charge in [0.25, 0.3) is 0 Å². The molecule has 0 N–H and O–H groups in total. The maximum Gasteiger partial charge on any atom is 0.223 e. The van der Waals surface area contributed by atoms with Crippen LogP contribution in [0.5, 0.6) is 0 Å². The highest BCUT2D eigenvalue weighted by molar-refractivity contribution is 5.34. The molecule has 1 aliphatic heterocycles. The molecule has 1 fully saturated rings. The molecule has 0 unspecified atom stereocenters. The van der Waals surface area contributed by atoms with Crippen molar-refractivity contribution in [2.75, 3.05) is 27.7 Å². The Labute approximate surface area is 139 Å². The molecule has 2 atom stereocenters. The fourth-order valence-electron chi connectivity index (χ4n) is 3.00. The zero-order valence-corrected chi connectivity index (χ0v) is 14.4. The van der Waals surface area contributed by atoms with Gasteiger partial charge in [0.15, 0.2) is 0 Å². The minimum atomic E-state index is -0.809. The van der Waals surface area contributed by atoms with Crippen LogP contribution in [0.15, 0.2) is 60.7 Å². The Morgan fingerprint density at radius 2 is 1.39 bits per heavy atom. The molecule has 0 radical (unpaired) electrons. The first-order chi connectivity index (χ1) is 10.9. The van der Waals surface area contributed by atoms with Crippen LogP contribution in [0, 0.1) is 0 Å². The van der Waals surface area contributed by atoms with Gasteiger partial charge in [-0.25, -0.2) is 0 Å². The molecule has 0 amide bonds. The van der Waals surface area contributed by atoms with Crippen LogP contribution in [0.4, 0.5) is 0 Å². The van der Waals surface area contributed by atoms with Crippen LogP contribution in [-0.4, -0.2) is 44.4 Å². The summed E-state index contributed by atoms with van der Waals surface area (Å²) in [7, 11) is 6.58. The Kier molecular flexibility index (Phi) is 4.28. The topological polar surface area (TPSA) is 18.5 Å². The van der Waals surface area contributed by atoms with Crippen molar-refractivity contribution in [1.29, 1.82) is 0 Å². The van der Waals surface area contributed by atoms with E-state index in [1.807, 2.05) is 36.4 Å². The summed E-state index contributed by atoms with van der Waals surface area (Å²) < 4.78 is 13.7. The molecule has 3 heteroatoms. The molecule has 0 saturated carbocycles. The molecule has 0 bridgehead atoms. The second kappa shape index (κ2) is 6.08. The number of ether oxygens (including phenoxy) is 2. The first kappa shape index (κ1) is 16.2. The van der Waals surface area contributed by atoms with Gasteiger partial charge in [0.05, 0.1) is 27.7 Å². The standard InChI is InChI=1S/C20H26NO2/c1-16(21(2,3)4)19-15-22-20(23-19,17-11-7-5-8-12-17)18-13-9-6-10-14-18/h5-14,16,19H,15H2,1-4H3/q+1/t16-,19+/m0/s1. The van der Waals surface area contributed by atoms with Gasteiger partial charge in [-0.2, -0.15) is 0 Å². The Morgan fingerprint density at radius 3 is 1.83 bits per heavy atom. The number of benzene rings is 2. The Morgan fingerprint density at radius 1 is 0.913 bits per heavy atom. The monoisotopic (exact) mass is 312 g/mol. The fraction of sp³-hybridized carbons (Fsp3) is 0.400. The van der Waals surface area contributed by atoms with E-state index >= 15 is 0 Å². The summed E-state index contributed by atoms with van der Waals surface area (Å²) >= 11 is 0. The number of hydrogen-bond acceptors (Lipinski definition) is 2. The molecule has 1 saturated heterocycles. The summed E-state index contributed by atoms with van der Waals surface area (Å²) in [6, 6.07) is 20.8. The number of nitrogens with zero attached hydrogens (tertiary/aromatic N) is 1. The quantitative estimate of drug-likeness (QED) is 0.806. The summed E-state index contributed by atoms with van der Waals surface area (Å²) in [6.07, 6.45) is 0.0513. The molecule has 0 aliphatic carbocycles. The van der Waals surface area contributed by atoms with Crippen molar-refractivity contribution in [3.05, 3.63) is 71.8 Å². The predicted octanol–water partition coefficient (Wildman–Crippen LogP) is 3.40. The lowest BCUT2D eigenvalue weighted by Gasteiger charge is -2.36. The van der Waals surface area contributed by atoms with Crippen LogP contribution in [-0.2, 0) is 15.3 Å². The highest BCUT2D eigenvalue weighted by Gasteiger charge is 2.48. The van der Waals surface area contributed by atoms with Crippen molar-refractivity contribution < 1.29 is 14.0 Å². The van der Waals surface area contributed by atoms with Crippen molar-refractivity contribution in [2.45, 2.75) is 24.9 Å². The summed E-state index contributed by atoms with van der Waals surface area (Å²) in [5.74, 6) is -0.809. The molecule has 3 nitrogen and oxygen atoms in total. The summed E-state index contributed by atoms with van der Waals surface area (Å²) in [6.45, 7) is 2.82. The molecule has 3 rings (SSSR count). The molecule has 122 valence electrons. The number of rotatable bonds is 4. The van der Waals surface area contributed by atoms with E-state index in [1.54, 1.807) is 0 Å². The van der Waals surface area contributed by atoms with Crippen LogP contribution >= 0.6 is 0 Å². The molecule has 2 aromatic carbocycles. The number of likely N-dealkylation sites (N-methyl/N-ethyl adjacent to an activating group) is 1. The smallest absolute Gasteiger partial charge is 0.223 e. The normalized spacial score (nSPS) is 22.0. The van der Waals surface area contributed by atoms with Crippen LogP contribution < -0.4 is 0 Å². The minimum Gasteiger partial charge on any atom is -0.339 e. The second-order valence-corrected chi connectivity index (χ2v) is 7.17. The molecular weight excluding hydrogens is 286 g/mol. The van der Waals surface area contributed by atoms with Gasteiger partial charge >= 0.3 is 0 Å². The molecule has 0 spiro atoms. The number of hydrogen-bond donors (Lipinski definition) is 0. The first-order valence-corrected chi connectivity index (χ1v) is 8.17. The largest absolute Gasteiger partial charge is 0.339 e. The molecule has 1 aliphatic rings. The lowest BCUT2D eigenvalue weighted by molar-refractivity contribution is -0.897. The average Bonchev–Trinajstić information content (AvgIpc) is 3.01. The van der Waals surface area contributed by atoms with E-state index in [9.17, 15) is 0 Å². The molecule has 1 heterocycles. The van der Waals surface area contributed by atoms with Crippen molar-refractivity contribution in [2.24, 2.45) is 0 Å². The van der Waals surface area contributed by atoms with E-state index in [0.717, 1.165) is 15.6 Å². The van der Waals surface area contributed by atoms with E-state index in [4.69, 9.17) is 9.47 Å². The van der Waals surface area contributed by atoms with Crippen LogP contribution in [0.1, 0.15) is 18.1 Å². The van der Waals surface area contributed by atoms with E-state index in [1.165, 1.54) is 0 Å². The minimum absolute atomic E-state index is 0.0513. The SMILES string of the molecule is C[C@@H]([C@H]1COC(c2ccccc2)(c2ccccc2)O1)[N+](C)(C)C. The van der Waals surface area contributed by atoms with Gasteiger partial charge in [0, 0.05) is 11.1 Å². The third-order valence-electron chi connectivity index (χ3n) is 4.84. The third-order valence-corrected chi connectivity index (χ3v) is 4.84. The number of quaternary nitrogens is 1. The Hall–Kier alpha value is -1.68. The summed E-state index contributed by atoms with van der Waals surface area (Å²) in [5.41, 5.74) is 2.09. The predicted molar refractivity (Wildman–Crippen MR) is 92.0 cm³/mol. The maximum atomic E-state index is 6.57. The van der Waals surface area contributed by atoms with Gasteiger partial charge in [-0.3, -0.25) is 0 Å². The lowest BCUT2D eigenvalue weighted by atomic mass is 9.97. The summed E-state index contributed by atoms with van der Waals surface area (Å²) in [5, 5.41) is 0. The zero-order chi connectivity index (χ0) is 16.5. The second-order valence-electron chi connectivity index (χ2n) is 7.17. The highest BCUT2D eigenvalue weighted by atomic mass is 16.7. The van der Waals surface area contributed by atoms with Gasteiger partial charge in [0.1, 0.15) is 12.1 Å². The summed E-state index contributed by atoms with van der Waals surface area (Å²) in [4.78, 5) is 0. The van der Waals surface area contributed by atoms with E-state index in [2.05, 4.69) is 52.3 Å². The van der Waals surface area contributed by atoms with Crippen LogP contribution in [0.3, 0.4) is 0 Å².